The second kappa shape index (κ2) is 14.4. The van der Waals surface area contributed by atoms with Gasteiger partial charge >= 0.3 is 0 Å². The van der Waals surface area contributed by atoms with Gasteiger partial charge in [-0.15, -0.1) is 0 Å². The van der Waals surface area contributed by atoms with Crippen molar-refractivity contribution >= 4 is 38.6 Å². The highest BCUT2D eigenvalue weighted by atomic mass is 15.1. The smallest absolute Gasteiger partial charge is 0.0540 e. The number of nitrogens with zero attached hydrogens (tertiary/aromatic N) is 1. The molecule has 11 rings (SSSR count). The van der Waals surface area contributed by atoms with Crippen LogP contribution in [-0.2, 0) is 5.41 Å². The maximum atomic E-state index is 2.47. The van der Waals surface area contributed by atoms with E-state index in [-0.39, 0.29) is 5.41 Å². The minimum absolute atomic E-state index is 0.207. The van der Waals surface area contributed by atoms with Crippen molar-refractivity contribution < 1.29 is 0 Å². The lowest BCUT2D eigenvalue weighted by atomic mass is 9.81. The van der Waals surface area contributed by atoms with E-state index in [2.05, 4.69) is 243 Å². The summed E-state index contributed by atoms with van der Waals surface area (Å²) in [6.45, 7) is 4.77. The van der Waals surface area contributed by atoms with Crippen molar-refractivity contribution in [3.05, 3.63) is 236 Å². The number of rotatable bonds is 7. The third-order valence-electron chi connectivity index (χ3n) is 12.6. The quantitative estimate of drug-likeness (QED) is 0.146. The second-order valence-corrected chi connectivity index (χ2v) is 16.6. The Hall–Kier alpha value is -7.48. The van der Waals surface area contributed by atoms with Crippen LogP contribution >= 0.6 is 0 Å². The van der Waals surface area contributed by atoms with Gasteiger partial charge in [0, 0.05) is 22.4 Å². The molecule has 0 amide bonds. The number of para-hydroxylation sites is 1. The predicted octanol–water partition coefficient (Wildman–Crippen LogP) is 16.4. The molecule has 10 aromatic rings. The lowest BCUT2D eigenvalue weighted by molar-refractivity contribution is 0.660. The molecule has 0 heterocycles. The molecular formula is C59H43N. The van der Waals surface area contributed by atoms with E-state index in [1.165, 1.54) is 88.3 Å². The largest absolute Gasteiger partial charge is 0.310 e. The summed E-state index contributed by atoms with van der Waals surface area (Å²) in [5.74, 6) is 0. The van der Waals surface area contributed by atoms with Gasteiger partial charge in [-0.1, -0.05) is 190 Å². The fourth-order valence-electron chi connectivity index (χ4n) is 9.41. The predicted molar refractivity (Wildman–Crippen MR) is 255 cm³/mol. The van der Waals surface area contributed by atoms with E-state index in [0.717, 1.165) is 17.1 Å². The summed E-state index contributed by atoms with van der Waals surface area (Å²) in [7, 11) is 0. The van der Waals surface area contributed by atoms with Crippen molar-refractivity contribution in [2.24, 2.45) is 0 Å². The van der Waals surface area contributed by atoms with Crippen LogP contribution < -0.4 is 4.90 Å². The number of benzene rings is 10. The number of hydrogen-bond donors (Lipinski definition) is 0. The Balaban J connectivity index is 1.02. The highest BCUT2D eigenvalue weighted by Gasteiger charge is 2.36. The van der Waals surface area contributed by atoms with Crippen LogP contribution in [0, 0.1) is 0 Å². The van der Waals surface area contributed by atoms with E-state index >= 15 is 0 Å². The highest BCUT2D eigenvalue weighted by Crippen LogP contribution is 2.52. The Labute approximate surface area is 352 Å². The Morgan fingerprint density at radius 1 is 0.283 bits per heavy atom. The first-order valence-electron chi connectivity index (χ1n) is 20.9. The minimum Gasteiger partial charge on any atom is -0.310 e. The number of hydrogen-bond acceptors (Lipinski definition) is 1. The van der Waals surface area contributed by atoms with E-state index in [9.17, 15) is 0 Å². The Morgan fingerprint density at radius 3 is 1.37 bits per heavy atom. The van der Waals surface area contributed by atoms with Crippen molar-refractivity contribution in [2.45, 2.75) is 19.3 Å². The zero-order valence-corrected chi connectivity index (χ0v) is 33.8. The van der Waals surface area contributed by atoms with E-state index in [1.54, 1.807) is 0 Å². The molecule has 0 bridgehead atoms. The Bertz CT molecular complexity index is 3200. The molecule has 0 N–H and O–H groups in total. The molecule has 1 aliphatic carbocycles. The van der Waals surface area contributed by atoms with Gasteiger partial charge in [0.15, 0.2) is 0 Å². The summed E-state index contributed by atoms with van der Waals surface area (Å²) in [4.78, 5) is 2.47. The van der Waals surface area contributed by atoms with E-state index < -0.39 is 0 Å². The van der Waals surface area contributed by atoms with Crippen LogP contribution in [0.4, 0.5) is 17.1 Å². The molecular weight excluding hydrogens is 723 g/mol. The highest BCUT2D eigenvalue weighted by molar-refractivity contribution is 6.01. The molecule has 0 fully saturated rings. The van der Waals surface area contributed by atoms with Gasteiger partial charge in [-0.2, -0.15) is 0 Å². The van der Waals surface area contributed by atoms with Crippen molar-refractivity contribution in [3.8, 4) is 55.6 Å². The zero-order valence-electron chi connectivity index (χ0n) is 33.8. The first-order valence-corrected chi connectivity index (χ1v) is 20.9. The monoisotopic (exact) mass is 765 g/mol. The number of fused-ring (bicyclic) bond motifs is 5. The maximum Gasteiger partial charge on any atom is 0.0540 e. The van der Waals surface area contributed by atoms with Gasteiger partial charge in [0.25, 0.3) is 0 Å². The topological polar surface area (TPSA) is 3.24 Å². The molecule has 1 nitrogen and oxygen atoms in total. The average molecular weight is 766 g/mol. The molecule has 60 heavy (non-hydrogen) atoms. The average Bonchev–Trinajstić information content (AvgIpc) is 3.53. The van der Waals surface area contributed by atoms with Crippen LogP contribution in [0.25, 0.3) is 77.2 Å². The van der Waals surface area contributed by atoms with Crippen LogP contribution in [0.2, 0.25) is 0 Å². The van der Waals surface area contributed by atoms with Crippen LogP contribution in [-0.4, -0.2) is 0 Å². The van der Waals surface area contributed by atoms with Gasteiger partial charge in [-0.3, -0.25) is 0 Å². The summed E-state index contributed by atoms with van der Waals surface area (Å²) in [5, 5.41) is 4.96. The molecule has 10 aromatic carbocycles. The molecule has 0 spiro atoms. The maximum absolute atomic E-state index is 2.47. The summed E-state index contributed by atoms with van der Waals surface area (Å²) < 4.78 is 0. The summed E-state index contributed by atoms with van der Waals surface area (Å²) in [6, 6.07) is 82.5. The van der Waals surface area contributed by atoms with Crippen LogP contribution in [0.3, 0.4) is 0 Å². The molecule has 0 radical (unpaired) electrons. The van der Waals surface area contributed by atoms with Gasteiger partial charge in [0.2, 0.25) is 0 Å². The molecule has 0 aliphatic heterocycles. The van der Waals surface area contributed by atoms with Gasteiger partial charge in [0.1, 0.15) is 0 Å². The van der Waals surface area contributed by atoms with Gasteiger partial charge in [0.05, 0.1) is 5.69 Å². The fourth-order valence-corrected chi connectivity index (χ4v) is 9.41. The first kappa shape index (κ1) is 35.7. The van der Waals surface area contributed by atoms with Gasteiger partial charge in [-0.25, -0.2) is 0 Å². The second-order valence-electron chi connectivity index (χ2n) is 16.6. The van der Waals surface area contributed by atoms with Crippen molar-refractivity contribution in [2.75, 3.05) is 4.90 Å². The molecule has 0 saturated carbocycles. The zero-order chi connectivity index (χ0) is 40.2. The normalized spacial score (nSPS) is 12.6. The molecule has 284 valence electrons. The molecule has 1 heteroatoms. The van der Waals surface area contributed by atoms with Crippen molar-refractivity contribution in [3.63, 3.8) is 0 Å². The number of anilines is 3. The van der Waals surface area contributed by atoms with Crippen LogP contribution in [0.1, 0.15) is 25.0 Å². The Morgan fingerprint density at radius 2 is 0.717 bits per heavy atom. The lowest BCUT2D eigenvalue weighted by Gasteiger charge is -2.30. The standard InChI is InChI=1S/C59H43N/c1-59(2)56-38-49(44-23-21-42(22-24-44)40-13-5-3-6-14-40)30-33-54(56)55-34-32-52(39-57(55)59)60(51-31-29-48-35-46-17-9-10-18-47(46)36-50(48)37-51)58-20-12-11-19-53(58)45-27-25-43(26-28-45)41-15-7-4-8-16-41/h3-39H,1-2H3. The SMILES string of the molecule is CC1(C)c2cc(-c3ccc(-c4ccccc4)cc3)ccc2-c2ccc(N(c3ccc4cc5ccccc5cc4c3)c3ccccc3-c3ccc(-c4ccccc4)cc3)cc21. The summed E-state index contributed by atoms with van der Waals surface area (Å²) in [5.41, 5.74) is 18.3. The summed E-state index contributed by atoms with van der Waals surface area (Å²) in [6.07, 6.45) is 0. The van der Waals surface area contributed by atoms with Gasteiger partial charge < -0.3 is 4.90 Å². The van der Waals surface area contributed by atoms with Crippen molar-refractivity contribution in [1.29, 1.82) is 0 Å². The molecule has 0 unspecified atom stereocenters. The molecule has 0 saturated heterocycles. The molecule has 0 aromatic heterocycles. The minimum atomic E-state index is -0.207. The molecule has 0 atom stereocenters. The third kappa shape index (κ3) is 6.19. The fraction of sp³-hybridized carbons (Fsp3) is 0.0508. The lowest BCUT2D eigenvalue weighted by Crippen LogP contribution is -2.17. The Kier molecular flexibility index (Phi) is 8.57. The third-order valence-corrected chi connectivity index (χ3v) is 12.6. The van der Waals surface area contributed by atoms with E-state index in [0.29, 0.717) is 0 Å². The van der Waals surface area contributed by atoms with Crippen LogP contribution in [0.5, 0.6) is 0 Å². The van der Waals surface area contributed by atoms with E-state index in [1.807, 2.05) is 0 Å². The van der Waals surface area contributed by atoms with E-state index in [4.69, 9.17) is 0 Å². The first-order chi connectivity index (χ1) is 29.5. The van der Waals surface area contributed by atoms with Crippen molar-refractivity contribution in [1.82, 2.24) is 0 Å². The summed E-state index contributed by atoms with van der Waals surface area (Å²) >= 11 is 0. The van der Waals surface area contributed by atoms with Crippen LogP contribution in [0.15, 0.2) is 224 Å². The molecule has 1 aliphatic rings. The van der Waals surface area contributed by atoms with Gasteiger partial charge in [-0.05, 0) is 131 Å².